The number of aliphatic hydroxyl groups is 1. The van der Waals surface area contributed by atoms with E-state index in [1.807, 2.05) is 5.57 Å². The molecule has 0 spiro atoms. The van der Waals surface area contributed by atoms with Crippen LogP contribution < -0.4 is 0 Å². The van der Waals surface area contributed by atoms with Gasteiger partial charge in [0.25, 0.3) is 0 Å². The Hall–Kier alpha value is -0.300. The molecule has 0 aliphatic heterocycles. The Labute approximate surface area is 180 Å². The molecule has 0 radical (unpaired) electrons. The van der Waals surface area contributed by atoms with Crippen molar-refractivity contribution >= 4 is 0 Å². The van der Waals surface area contributed by atoms with E-state index < -0.39 is 0 Å². The van der Waals surface area contributed by atoms with Crippen LogP contribution in [0.1, 0.15) is 112 Å². The third-order valence-electron chi connectivity index (χ3n) is 12.1. The van der Waals surface area contributed by atoms with Crippen molar-refractivity contribution in [2.24, 2.45) is 44.8 Å². The predicted molar refractivity (Wildman–Crippen MR) is 122 cm³/mol. The van der Waals surface area contributed by atoms with E-state index in [1.165, 1.54) is 57.8 Å². The van der Waals surface area contributed by atoms with E-state index in [0.29, 0.717) is 27.1 Å². The zero-order chi connectivity index (χ0) is 20.9. The maximum atomic E-state index is 10.4. The standard InChI is InChI=1S/C28H46O/c1-24(2)13-14-25(3)15-16-27(5)21(22(25)18-24)7-8-23-26(4)11-10-20(29)17-19(26)9-12-28(23,27)6/h7,19-20,22-23,29H,8-18H2,1-6H3. The van der Waals surface area contributed by atoms with E-state index >= 15 is 0 Å². The molecule has 8 unspecified atom stereocenters. The number of aliphatic hydroxyl groups excluding tert-OH is 1. The highest BCUT2D eigenvalue weighted by Gasteiger charge is 2.65. The van der Waals surface area contributed by atoms with Crippen LogP contribution in [0.2, 0.25) is 0 Å². The van der Waals surface area contributed by atoms with Crippen molar-refractivity contribution in [3.63, 3.8) is 0 Å². The van der Waals surface area contributed by atoms with Gasteiger partial charge in [-0.25, -0.2) is 0 Å². The van der Waals surface area contributed by atoms with Crippen LogP contribution in [0.4, 0.5) is 0 Å². The largest absolute Gasteiger partial charge is 0.393 e. The van der Waals surface area contributed by atoms with Crippen molar-refractivity contribution in [3.8, 4) is 0 Å². The van der Waals surface area contributed by atoms with Crippen LogP contribution in [0.5, 0.6) is 0 Å². The van der Waals surface area contributed by atoms with E-state index in [2.05, 4.69) is 47.6 Å². The van der Waals surface area contributed by atoms with Gasteiger partial charge in [0.15, 0.2) is 0 Å². The molecule has 0 aromatic carbocycles. The molecule has 1 N–H and O–H groups in total. The molecule has 0 heterocycles. The monoisotopic (exact) mass is 398 g/mol. The van der Waals surface area contributed by atoms with Gasteiger partial charge in [-0.05, 0) is 115 Å². The summed E-state index contributed by atoms with van der Waals surface area (Å²) in [6.45, 7) is 15.7. The number of hydrogen-bond donors (Lipinski definition) is 1. The van der Waals surface area contributed by atoms with Gasteiger partial charge in [-0.1, -0.05) is 53.2 Å². The molecule has 8 atom stereocenters. The number of hydrogen-bond acceptors (Lipinski definition) is 1. The first-order valence-electron chi connectivity index (χ1n) is 12.8. The van der Waals surface area contributed by atoms with Crippen molar-refractivity contribution < 1.29 is 5.11 Å². The number of allylic oxidation sites excluding steroid dienone is 2. The summed E-state index contributed by atoms with van der Waals surface area (Å²) in [6.07, 6.45) is 17.2. The van der Waals surface area contributed by atoms with E-state index in [9.17, 15) is 5.11 Å². The second kappa shape index (κ2) is 6.14. The minimum atomic E-state index is -0.0393. The highest BCUT2D eigenvalue weighted by atomic mass is 16.3. The van der Waals surface area contributed by atoms with Crippen LogP contribution in [-0.4, -0.2) is 11.2 Å². The van der Waals surface area contributed by atoms with Gasteiger partial charge in [0.1, 0.15) is 0 Å². The quantitative estimate of drug-likeness (QED) is 0.418. The van der Waals surface area contributed by atoms with Gasteiger partial charge >= 0.3 is 0 Å². The van der Waals surface area contributed by atoms with Crippen LogP contribution >= 0.6 is 0 Å². The Morgan fingerprint density at radius 3 is 2.34 bits per heavy atom. The smallest absolute Gasteiger partial charge is 0.0543 e. The summed E-state index contributed by atoms with van der Waals surface area (Å²) < 4.78 is 0. The zero-order valence-corrected chi connectivity index (χ0v) is 20.1. The van der Waals surface area contributed by atoms with Crippen LogP contribution in [0.25, 0.3) is 0 Å². The van der Waals surface area contributed by atoms with Crippen LogP contribution in [0.15, 0.2) is 11.6 Å². The predicted octanol–water partition coefficient (Wildman–Crippen LogP) is 7.53. The SMILES string of the molecule is CC1(C)CCC2(C)CCC3(C)C(=CCC4C5(C)CCC(O)CC5CCC43C)C2C1. The van der Waals surface area contributed by atoms with Gasteiger partial charge in [-0.3, -0.25) is 0 Å². The maximum absolute atomic E-state index is 10.4. The molecule has 164 valence electrons. The lowest BCUT2D eigenvalue weighted by molar-refractivity contribution is -0.164. The molecule has 0 saturated heterocycles. The average Bonchev–Trinajstić information content (AvgIpc) is 2.65. The molecular formula is C28H46O. The Balaban J connectivity index is 1.56. The van der Waals surface area contributed by atoms with E-state index in [4.69, 9.17) is 0 Å². The molecule has 0 amide bonds. The van der Waals surface area contributed by atoms with E-state index in [0.717, 1.165) is 30.6 Å². The molecule has 0 aromatic rings. The highest BCUT2D eigenvalue weighted by Crippen LogP contribution is 2.74. The lowest BCUT2D eigenvalue weighted by Crippen LogP contribution is -2.61. The van der Waals surface area contributed by atoms with Crippen LogP contribution in [0.3, 0.4) is 0 Å². The molecule has 0 aromatic heterocycles. The first-order valence-corrected chi connectivity index (χ1v) is 12.8. The van der Waals surface area contributed by atoms with Crippen LogP contribution in [0, 0.1) is 44.8 Å². The van der Waals surface area contributed by atoms with Gasteiger partial charge in [0, 0.05) is 0 Å². The summed E-state index contributed by atoms with van der Waals surface area (Å²) in [5.41, 5.74) is 4.19. The molecule has 29 heavy (non-hydrogen) atoms. The Kier molecular flexibility index (Phi) is 4.36. The number of fused-ring (bicyclic) bond motifs is 7. The van der Waals surface area contributed by atoms with Gasteiger partial charge in [-0.15, -0.1) is 0 Å². The van der Waals surface area contributed by atoms with Gasteiger partial charge in [-0.2, -0.15) is 0 Å². The third kappa shape index (κ3) is 2.68. The fraction of sp³-hybridized carbons (Fsp3) is 0.929. The lowest BCUT2D eigenvalue weighted by atomic mass is 9.35. The fourth-order valence-corrected chi connectivity index (χ4v) is 9.65. The summed E-state index contributed by atoms with van der Waals surface area (Å²) in [4.78, 5) is 0. The summed E-state index contributed by atoms with van der Waals surface area (Å²) in [6, 6.07) is 0. The van der Waals surface area contributed by atoms with E-state index in [1.54, 1.807) is 0 Å². The first-order chi connectivity index (χ1) is 13.4. The van der Waals surface area contributed by atoms with Crippen molar-refractivity contribution in [2.45, 2.75) is 118 Å². The van der Waals surface area contributed by atoms with Crippen LogP contribution in [-0.2, 0) is 0 Å². The second-order valence-electron chi connectivity index (χ2n) is 13.9. The molecule has 4 saturated carbocycles. The molecule has 4 fully saturated rings. The average molecular weight is 399 g/mol. The maximum Gasteiger partial charge on any atom is 0.0543 e. The normalized spacial score (nSPS) is 56.3. The lowest BCUT2D eigenvalue weighted by Gasteiger charge is -2.69. The highest BCUT2D eigenvalue weighted by molar-refractivity contribution is 5.33. The second-order valence-corrected chi connectivity index (χ2v) is 13.9. The molecule has 1 nitrogen and oxygen atoms in total. The van der Waals surface area contributed by atoms with E-state index in [-0.39, 0.29) is 6.10 Å². The summed E-state index contributed by atoms with van der Waals surface area (Å²) >= 11 is 0. The van der Waals surface area contributed by atoms with Crippen molar-refractivity contribution in [1.82, 2.24) is 0 Å². The minimum Gasteiger partial charge on any atom is -0.393 e. The summed E-state index contributed by atoms with van der Waals surface area (Å²) in [5, 5.41) is 10.4. The minimum absolute atomic E-state index is 0.0393. The molecule has 5 rings (SSSR count). The third-order valence-corrected chi connectivity index (χ3v) is 12.1. The van der Waals surface area contributed by atoms with Crippen molar-refractivity contribution in [3.05, 3.63) is 11.6 Å². The Morgan fingerprint density at radius 2 is 1.59 bits per heavy atom. The summed E-state index contributed by atoms with van der Waals surface area (Å²) in [5.74, 6) is 2.35. The first kappa shape index (κ1) is 20.6. The van der Waals surface area contributed by atoms with Gasteiger partial charge < -0.3 is 5.11 Å². The fourth-order valence-electron chi connectivity index (χ4n) is 9.65. The summed E-state index contributed by atoms with van der Waals surface area (Å²) in [7, 11) is 0. The van der Waals surface area contributed by atoms with Gasteiger partial charge in [0.2, 0.25) is 0 Å². The molecule has 1 heteroatoms. The molecule has 5 aliphatic rings. The number of rotatable bonds is 0. The van der Waals surface area contributed by atoms with Crippen molar-refractivity contribution in [2.75, 3.05) is 0 Å². The van der Waals surface area contributed by atoms with Crippen molar-refractivity contribution in [1.29, 1.82) is 0 Å². The van der Waals surface area contributed by atoms with Gasteiger partial charge in [0.05, 0.1) is 6.10 Å². The molecule has 5 aliphatic carbocycles. The Bertz CT molecular complexity index is 720. The molecular weight excluding hydrogens is 352 g/mol. The molecule has 0 bridgehead atoms. The Morgan fingerprint density at radius 1 is 0.862 bits per heavy atom. The zero-order valence-electron chi connectivity index (χ0n) is 20.1. The topological polar surface area (TPSA) is 20.2 Å².